The van der Waals surface area contributed by atoms with Gasteiger partial charge in [-0.1, -0.05) is 48.5 Å². The van der Waals surface area contributed by atoms with Crippen LogP contribution in [0.4, 0.5) is 0 Å². The van der Waals surface area contributed by atoms with Crippen LogP contribution in [0, 0.1) is 0 Å². The minimum Gasteiger partial charge on any atom is -0.490 e. The van der Waals surface area contributed by atoms with Crippen molar-refractivity contribution in [3.05, 3.63) is 48.5 Å². The number of aliphatic hydroxyl groups excluding tert-OH is 2. The van der Waals surface area contributed by atoms with Crippen LogP contribution >= 0.6 is 0 Å². The highest BCUT2D eigenvalue weighted by Crippen LogP contribution is 2.42. The van der Waals surface area contributed by atoms with Crippen LogP contribution in [-0.4, -0.2) is 89.5 Å². The molecule has 0 radical (unpaired) electrons. The zero-order valence-electron chi connectivity index (χ0n) is 19.4. The average Bonchev–Trinajstić information content (AvgIpc) is 2.87. The largest absolute Gasteiger partial charge is 0.490 e. The molecule has 3 aromatic rings. The SMILES string of the molecule is OCCOCCOCCOc1c2ccccc2c(OCCOCCOCCO)c2ccccc12. The standard InChI is InChI=1S/C26H34O8/c27-9-11-29-13-15-31-17-19-33-25-21-5-1-2-6-22(21)26(24-8-4-3-7-23(24)25)34-20-18-32-16-14-30-12-10-28/h1-8,27-28H,9-20H2. The van der Waals surface area contributed by atoms with E-state index in [1.54, 1.807) is 0 Å². The first-order chi connectivity index (χ1) is 16.9. The molecule has 0 amide bonds. The summed E-state index contributed by atoms with van der Waals surface area (Å²) in [6.07, 6.45) is 0. The van der Waals surface area contributed by atoms with Crippen LogP contribution in [0.2, 0.25) is 0 Å². The van der Waals surface area contributed by atoms with Crippen molar-refractivity contribution in [2.24, 2.45) is 0 Å². The highest BCUT2D eigenvalue weighted by atomic mass is 16.6. The van der Waals surface area contributed by atoms with Gasteiger partial charge in [0.05, 0.1) is 66.1 Å². The molecule has 3 rings (SSSR count). The maximum Gasteiger partial charge on any atom is 0.135 e. The van der Waals surface area contributed by atoms with E-state index in [-0.39, 0.29) is 13.2 Å². The number of rotatable bonds is 18. The molecule has 2 N–H and O–H groups in total. The Hall–Kier alpha value is -2.46. The second-order valence-corrected chi connectivity index (χ2v) is 7.34. The Morgan fingerprint density at radius 2 is 0.706 bits per heavy atom. The van der Waals surface area contributed by atoms with Crippen molar-refractivity contribution in [3.8, 4) is 11.5 Å². The van der Waals surface area contributed by atoms with Gasteiger partial charge in [0.1, 0.15) is 24.7 Å². The quantitative estimate of drug-likeness (QED) is 0.215. The van der Waals surface area contributed by atoms with Crippen molar-refractivity contribution >= 4 is 21.5 Å². The van der Waals surface area contributed by atoms with Gasteiger partial charge < -0.3 is 38.6 Å². The summed E-state index contributed by atoms with van der Waals surface area (Å²) >= 11 is 0. The summed E-state index contributed by atoms with van der Waals surface area (Å²) < 4.78 is 33.9. The summed E-state index contributed by atoms with van der Waals surface area (Å²) in [6, 6.07) is 16.1. The van der Waals surface area contributed by atoms with Crippen molar-refractivity contribution in [2.45, 2.75) is 0 Å². The minimum absolute atomic E-state index is 0.0103. The zero-order chi connectivity index (χ0) is 23.8. The fourth-order valence-electron chi connectivity index (χ4n) is 3.54. The van der Waals surface area contributed by atoms with Crippen molar-refractivity contribution < 1.29 is 38.6 Å². The van der Waals surface area contributed by atoms with Crippen LogP contribution in [0.5, 0.6) is 11.5 Å². The molecule has 0 saturated heterocycles. The molecule has 186 valence electrons. The van der Waals surface area contributed by atoms with Gasteiger partial charge in [-0.3, -0.25) is 0 Å². The summed E-state index contributed by atoms with van der Waals surface area (Å²) in [4.78, 5) is 0. The fourth-order valence-corrected chi connectivity index (χ4v) is 3.54. The molecule has 8 nitrogen and oxygen atoms in total. The second kappa shape index (κ2) is 15.4. The lowest BCUT2D eigenvalue weighted by Crippen LogP contribution is -2.13. The van der Waals surface area contributed by atoms with E-state index in [0.29, 0.717) is 66.1 Å². The molecule has 0 fully saturated rings. The predicted molar refractivity (Wildman–Crippen MR) is 130 cm³/mol. The number of hydrogen-bond acceptors (Lipinski definition) is 8. The lowest BCUT2D eigenvalue weighted by Gasteiger charge is -2.18. The van der Waals surface area contributed by atoms with Gasteiger partial charge in [-0.05, 0) is 0 Å². The summed E-state index contributed by atoms with van der Waals surface area (Å²) in [5, 5.41) is 21.3. The van der Waals surface area contributed by atoms with Crippen LogP contribution < -0.4 is 9.47 Å². The van der Waals surface area contributed by atoms with Gasteiger partial charge in [0.15, 0.2) is 0 Å². The maximum absolute atomic E-state index is 8.72. The lowest BCUT2D eigenvalue weighted by atomic mass is 10.0. The van der Waals surface area contributed by atoms with Crippen LogP contribution in [0.15, 0.2) is 48.5 Å². The molecule has 0 aliphatic rings. The molecule has 0 aliphatic carbocycles. The van der Waals surface area contributed by atoms with Crippen LogP contribution in [0.25, 0.3) is 21.5 Å². The number of aliphatic hydroxyl groups is 2. The second-order valence-electron chi connectivity index (χ2n) is 7.34. The number of fused-ring (bicyclic) bond motifs is 2. The van der Waals surface area contributed by atoms with Crippen LogP contribution in [0.1, 0.15) is 0 Å². The Morgan fingerprint density at radius 3 is 1.03 bits per heavy atom. The first-order valence-corrected chi connectivity index (χ1v) is 11.6. The molecule has 0 heterocycles. The lowest BCUT2D eigenvalue weighted by molar-refractivity contribution is 0.0248. The number of ether oxygens (including phenoxy) is 6. The molecule has 0 aromatic heterocycles. The van der Waals surface area contributed by atoms with E-state index < -0.39 is 0 Å². The summed E-state index contributed by atoms with van der Waals surface area (Å²) in [7, 11) is 0. The molecule has 34 heavy (non-hydrogen) atoms. The normalized spacial score (nSPS) is 11.4. The van der Waals surface area contributed by atoms with Gasteiger partial charge >= 0.3 is 0 Å². The molecule has 3 aromatic carbocycles. The Bertz CT molecular complexity index is 843. The van der Waals surface area contributed by atoms with Gasteiger partial charge in [-0.2, -0.15) is 0 Å². The Balaban J connectivity index is 1.65. The number of hydrogen-bond donors (Lipinski definition) is 2. The van der Waals surface area contributed by atoms with E-state index in [1.165, 1.54) is 0 Å². The zero-order valence-corrected chi connectivity index (χ0v) is 19.4. The minimum atomic E-state index is 0.0103. The summed E-state index contributed by atoms with van der Waals surface area (Å²) in [6.45, 7) is 4.12. The average molecular weight is 475 g/mol. The molecule has 8 heteroatoms. The predicted octanol–water partition coefficient (Wildman–Crippen LogP) is 2.80. The molecule has 0 saturated carbocycles. The van der Waals surface area contributed by atoms with Gasteiger partial charge in [0.2, 0.25) is 0 Å². The summed E-state index contributed by atoms with van der Waals surface area (Å²) in [5.74, 6) is 1.60. The fraction of sp³-hybridized carbons (Fsp3) is 0.462. The Morgan fingerprint density at radius 1 is 0.412 bits per heavy atom. The van der Waals surface area contributed by atoms with Crippen molar-refractivity contribution in [3.63, 3.8) is 0 Å². The van der Waals surface area contributed by atoms with E-state index in [0.717, 1.165) is 33.0 Å². The highest BCUT2D eigenvalue weighted by Gasteiger charge is 2.15. The van der Waals surface area contributed by atoms with E-state index in [2.05, 4.69) is 0 Å². The van der Waals surface area contributed by atoms with E-state index >= 15 is 0 Å². The van der Waals surface area contributed by atoms with Crippen LogP contribution in [0.3, 0.4) is 0 Å². The van der Waals surface area contributed by atoms with Gasteiger partial charge in [0.25, 0.3) is 0 Å². The molecule has 0 bridgehead atoms. The van der Waals surface area contributed by atoms with E-state index in [9.17, 15) is 0 Å². The summed E-state index contributed by atoms with van der Waals surface area (Å²) in [5.41, 5.74) is 0. The van der Waals surface area contributed by atoms with Gasteiger partial charge in [0, 0.05) is 21.5 Å². The van der Waals surface area contributed by atoms with Crippen molar-refractivity contribution in [1.29, 1.82) is 0 Å². The molecule has 0 spiro atoms. The van der Waals surface area contributed by atoms with Gasteiger partial charge in [-0.25, -0.2) is 0 Å². The van der Waals surface area contributed by atoms with Crippen LogP contribution in [-0.2, 0) is 18.9 Å². The third-order valence-corrected chi connectivity index (χ3v) is 5.00. The molecular weight excluding hydrogens is 440 g/mol. The topological polar surface area (TPSA) is 95.8 Å². The third kappa shape index (κ3) is 7.80. The Labute approximate surface area is 199 Å². The highest BCUT2D eigenvalue weighted by molar-refractivity contribution is 6.11. The van der Waals surface area contributed by atoms with Gasteiger partial charge in [-0.15, -0.1) is 0 Å². The Kier molecular flexibility index (Phi) is 11.9. The molecule has 0 aliphatic heterocycles. The third-order valence-electron chi connectivity index (χ3n) is 5.00. The maximum atomic E-state index is 8.72. The first kappa shape index (κ1) is 26.2. The smallest absolute Gasteiger partial charge is 0.135 e. The number of benzene rings is 3. The van der Waals surface area contributed by atoms with Crippen molar-refractivity contribution in [1.82, 2.24) is 0 Å². The molecule has 0 unspecified atom stereocenters. The molecular formula is C26H34O8. The van der Waals surface area contributed by atoms with Crippen molar-refractivity contribution in [2.75, 3.05) is 79.3 Å². The van der Waals surface area contributed by atoms with E-state index in [4.69, 9.17) is 38.6 Å². The first-order valence-electron chi connectivity index (χ1n) is 11.6. The molecule has 0 atom stereocenters. The monoisotopic (exact) mass is 474 g/mol. The van der Waals surface area contributed by atoms with E-state index in [1.807, 2.05) is 48.5 Å².